The number of carbonyl (C=O) groups is 2. The van der Waals surface area contributed by atoms with Crippen molar-refractivity contribution in [2.24, 2.45) is 11.0 Å². The van der Waals surface area contributed by atoms with Crippen LogP contribution in [0.4, 0.5) is 23.2 Å². The molecule has 1 N–H and O–H groups in total. The smallest absolute Gasteiger partial charge is 0.312 e. The first-order valence-electron chi connectivity index (χ1n) is 8.30. The van der Waals surface area contributed by atoms with Crippen molar-refractivity contribution >= 4 is 23.7 Å². The number of halogens is 4. The number of alkyl halides is 3. The van der Waals surface area contributed by atoms with Gasteiger partial charge >= 0.3 is 6.18 Å². The Hall–Kier alpha value is -3.23. The van der Waals surface area contributed by atoms with Crippen LogP contribution in [0, 0.1) is 11.7 Å². The second-order valence-corrected chi connectivity index (χ2v) is 6.24. The molecule has 1 heterocycles. The van der Waals surface area contributed by atoms with Gasteiger partial charge in [-0.15, -0.1) is 0 Å². The Labute approximate surface area is 157 Å². The highest BCUT2D eigenvalue weighted by Gasteiger charge is 2.35. The second-order valence-electron chi connectivity index (χ2n) is 6.24. The summed E-state index contributed by atoms with van der Waals surface area (Å²) >= 11 is 0. The molecule has 146 valence electrons. The monoisotopic (exact) mass is 393 g/mol. The molecule has 0 saturated carbocycles. The molecule has 2 amide bonds. The van der Waals surface area contributed by atoms with Crippen LogP contribution in [0.2, 0.25) is 0 Å². The lowest BCUT2D eigenvalue weighted by Crippen LogP contribution is -2.30. The lowest BCUT2D eigenvalue weighted by atomic mass is 10.1. The van der Waals surface area contributed by atoms with Crippen LogP contribution in [-0.2, 0) is 15.8 Å². The van der Waals surface area contributed by atoms with Crippen molar-refractivity contribution in [3.8, 4) is 0 Å². The fourth-order valence-corrected chi connectivity index (χ4v) is 2.77. The first-order chi connectivity index (χ1) is 13.2. The van der Waals surface area contributed by atoms with Gasteiger partial charge in [-0.05, 0) is 42.0 Å². The van der Waals surface area contributed by atoms with Gasteiger partial charge in [0.15, 0.2) is 0 Å². The van der Waals surface area contributed by atoms with E-state index >= 15 is 0 Å². The summed E-state index contributed by atoms with van der Waals surface area (Å²) in [6, 6.07) is 9.65. The molecule has 28 heavy (non-hydrogen) atoms. The predicted molar refractivity (Wildman–Crippen MR) is 94.0 cm³/mol. The van der Waals surface area contributed by atoms with E-state index in [2.05, 4.69) is 10.5 Å². The largest absolute Gasteiger partial charge is 0.416 e. The van der Waals surface area contributed by atoms with Gasteiger partial charge in [-0.2, -0.15) is 18.3 Å². The van der Waals surface area contributed by atoms with Gasteiger partial charge in [0.1, 0.15) is 5.82 Å². The number of rotatable bonds is 4. The van der Waals surface area contributed by atoms with Gasteiger partial charge in [-0.3, -0.25) is 9.59 Å². The van der Waals surface area contributed by atoms with Gasteiger partial charge in [0.2, 0.25) is 11.8 Å². The zero-order valence-electron chi connectivity index (χ0n) is 14.4. The Morgan fingerprint density at radius 1 is 1.11 bits per heavy atom. The Morgan fingerprint density at radius 2 is 1.75 bits per heavy atom. The maximum atomic E-state index is 13.0. The Morgan fingerprint density at radius 3 is 2.36 bits per heavy atom. The van der Waals surface area contributed by atoms with E-state index in [9.17, 15) is 27.2 Å². The first-order valence-corrected chi connectivity index (χ1v) is 8.30. The van der Waals surface area contributed by atoms with E-state index in [0.717, 1.165) is 12.1 Å². The fraction of sp³-hybridized carbons (Fsp3) is 0.211. The number of anilines is 1. The Kier molecular flexibility index (Phi) is 5.43. The van der Waals surface area contributed by atoms with Crippen molar-refractivity contribution in [1.29, 1.82) is 0 Å². The Balaban J connectivity index is 1.57. The summed E-state index contributed by atoms with van der Waals surface area (Å²) in [6.45, 7) is 0.131. The lowest BCUT2D eigenvalue weighted by Gasteiger charge is -2.16. The SMILES string of the molecule is O=C(N/N=C/c1ccc(C(F)(F)F)cc1)C1CC(=O)N(c2ccc(F)cc2)C1. The van der Waals surface area contributed by atoms with Crippen molar-refractivity contribution in [3.63, 3.8) is 0 Å². The molecule has 1 aliphatic heterocycles. The van der Waals surface area contributed by atoms with Gasteiger partial charge in [-0.25, -0.2) is 9.82 Å². The van der Waals surface area contributed by atoms with E-state index in [1.807, 2.05) is 0 Å². The molecule has 0 radical (unpaired) electrons. The molecule has 3 rings (SSSR count). The highest BCUT2D eigenvalue weighted by Crippen LogP contribution is 2.29. The van der Waals surface area contributed by atoms with Gasteiger partial charge in [-0.1, -0.05) is 12.1 Å². The molecular weight excluding hydrogens is 378 g/mol. The summed E-state index contributed by atoms with van der Waals surface area (Å²) in [5.74, 6) is -1.82. The quantitative estimate of drug-likeness (QED) is 0.492. The van der Waals surface area contributed by atoms with Crippen LogP contribution < -0.4 is 10.3 Å². The van der Waals surface area contributed by atoms with Crippen molar-refractivity contribution < 1.29 is 27.2 Å². The first kappa shape index (κ1) is 19.5. The van der Waals surface area contributed by atoms with Crippen molar-refractivity contribution in [2.75, 3.05) is 11.4 Å². The number of hydrogen-bond acceptors (Lipinski definition) is 3. The molecule has 0 bridgehead atoms. The zero-order chi connectivity index (χ0) is 20.3. The summed E-state index contributed by atoms with van der Waals surface area (Å²) in [5, 5.41) is 3.73. The van der Waals surface area contributed by atoms with Crippen molar-refractivity contribution in [2.45, 2.75) is 12.6 Å². The molecular formula is C19H15F4N3O2. The molecule has 5 nitrogen and oxygen atoms in total. The topological polar surface area (TPSA) is 61.8 Å². The number of amides is 2. The molecule has 0 aliphatic carbocycles. The zero-order valence-corrected chi connectivity index (χ0v) is 14.4. The Bertz CT molecular complexity index is 893. The number of hydrazone groups is 1. The van der Waals surface area contributed by atoms with Crippen molar-refractivity contribution in [1.82, 2.24) is 5.43 Å². The minimum absolute atomic E-state index is 0.0149. The number of nitrogens with zero attached hydrogens (tertiary/aromatic N) is 2. The maximum Gasteiger partial charge on any atom is 0.416 e. The normalized spacial score (nSPS) is 17.4. The van der Waals surface area contributed by atoms with Crippen LogP contribution in [0.3, 0.4) is 0 Å². The van der Waals surface area contributed by atoms with Crippen LogP contribution in [0.5, 0.6) is 0 Å². The maximum absolute atomic E-state index is 13.0. The number of hydrogen-bond donors (Lipinski definition) is 1. The highest BCUT2D eigenvalue weighted by atomic mass is 19.4. The van der Waals surface area contributed by atoms with E-state index in [1.54, 1.807) is 0 Å². The van der Waals surface area contributed by atoms with E-state index in [-0.39, 0.29) is 18.9 Å². The van der Waals surface area contributed by atoms with Gasteiger partial charge in [0, 0.05) is 18.7 Å². The molecule has 9 heteroatoms. The van der Waals surface area contributed by atoms with E-state index < -0.39 is 29.4 Å². The van der Waals surface area contributed by atoms with E-state index in [0.29, 0.717) is 11.3 Å². The predicted octanol–water partition coefficient (Wildman–Crippen LogP) is 3.35. The molecule has 1 unspecified atom stereocenters. The van der Waals surface area contributed by atoms with Gasteiger partial charge in [0.05, 0.1) is 17.7 Å². The molecule has 1 aliphatic rings. The number of nitrogens with one attached hydrogen (secondary N) is 1. The fourth-order valence-electron chi connectivity index (χ4n) is 2.77. The van der Waals surface area contributed by atoms with Crippen LogP contribution in [-0.4, -0.2) is 24.6 Å². The molecule has 1 saturated heterocycles. The molecule has 2 aromatic carbocycles. The average molecular weight is 393 g/mol. The molecule has 0 aromatic heterocycles. The van der Waals surface area contributed by atoms with Crippen LogP contribution in [0.15, 0.2) is 53.6 Å². The molecule has 0 spiro atoms. The van der Waals surface area contributed by atoms with E-state index in [4.69, 9.17) is 0 Å². The molecule has 2 aromatic rings. The minimum atomic E-state index is -4.42. The third kappa shape index (κ3) is 4.54. The summed E-state index contributed by atoms with van der Waals surface area (Å²) in [7, 11) is 0. The molecule has 1 fully saturated rings. The third-order valence-electron chi connectivity index (χ3n) is 4.26. The summed E-state index contributed by atoms with van der Waals surface area (Å²) in [6.07, 6.45) is -3.22. The standard InChI is InChI=1S/C19H15F4N3O2/c20-15-5-7-16(8-6-15)26-11-13(9-17(26)27)18(28)25-24-10-12-1-3-14(4-2-12)19(21,22)23/h1-8,10,13H,9,11H2,(H,25,28)/b24-10+. The highest BCUT2D eigenvalue weighted by molar-refractivity contribution is 6.00. The number of benzene rings is 2. The average Bonchev–Trinajstić information content (AvgIpc) is 3.04. The number of carbonyl (C=O) groups excluding carboxylic acids is 2. The van der Waals surface area contributed by atoms with Crippen LogP contribution in [0.1, 0.15) is 17.5 Å². The second kappa shape index (κ2) is 7.79. The van der Waals surface area contributed by atoms with E-state index in [1.165, 1.54) is 47.5 Å². The summed E-state index contributed by atoms with van der Waals surface area (Å²) < 4.78 is 50.5. The lowest BCUT2D eigenvalue weighted by molar-refractivity contribution is -0.137. The summed E-state index contributed by atoms with van der Waals surface area (Å²) in [5.41, 5.74) is 2.38. The van der Waals surface area contributed by atoms with Crippen molar-refractivity contribution in [3.05, 3.63) is 65.5 Å². The van der Waals surface area contributed by atoms with Crippen LogP contribution >= 0.6 is 0 Å². The third-order valence-corrected chi connectivity index (χ3v) is 4.26. The van der Waals surface area contributed by atoms with Crippen LogP contribution in [0.25, 0.3) is 0 Å². The van der Waals surface area contributed by atoms with Gasteiger partial charge in [0.25, 0.3) is 0 Å². The summed E-state index contributed by atoms with van der Waals surface area (Å²) in [4.78, 5) is 25.7. The van der Waals surface area contributed by atoms with Gasteiger partial charge < -0.3 is 4.90 Å². The molecule has 1 atom stereocenters. The minimum Gasteiger partial charge on any atom is -0.312 e.